The first-order chi connectivity index (χ1) is 9.15. The summed E-state index contributed by atoms with van der Waals surface area (Å²) in [5.74, 6) is -0.382. The lowest BCUT2D eigenvalue weighted by Crippen LogP contribution is -2.12. The molecule has 19 heavy (non-hydrogen) atoms. The molecule has 106 valence electrons. The van der Waals surface area contributed by atoms with Crippen LogP contribution in [0.4, 0.5) is 5.69 Å². The zero-order chi connectivity index (χ0) is 14.1. The Morgan fingerprint density at radius 3 is 2.68 bits per heavy atom. The molecule has 5 heteroatoms. The van der Waals surface area contributed by atoms with Crippen LogP contribution in [0.3, 0.4) is 0 Å². The molecule has 0 atom stereocenters. The van der Waals surface area contributed by atoms with E-state index in [0.717, 1.165) is 12.0 Å². The molecule has 0 saturated carbocycles. The third-order valence-electron chi connectivity index (χ3n) is 2.61. The van der Waals surface area contributed by atoms with Crippen LogP contribution in [0, 0.1) is 6.92 Å². The van der Waals surface area contributed by atoms with Gasteiger partial charge in [0.05, 0.1) is 12.2 Å². The summed E-state index contributed by atoms with van der Waals surface area (Å²) in [6.45, 7) is 3.78. The van der Waals surface area contributed by atoms with Crippen molar-refractivity contribution in [2.24, 2.45) is 0 Å². The number of carbonyl (C=O) groups is 1. The van der Waals surface area contributed by atoms with Crippen molar-refractivity contribution < 1.29 is 19.0 Å². The third kappa shape index (κ3) is 5.72. The van der Waals surface area contributed by atoms with Crippen LogP contribution in [0.25, 0.3) is 0 Å². The number of benzene rings is 1. The van der Waals surface area contributed by atoms with Gasteiger partial charge in [0, 0.05) is 26.0 Å². The Morgan fingerprint density at radius 2 is 2.00 bits per heavy atom. The molecule has 5 nitrogen and oxygen atoms in total. The summed E-state index contributed by atoms with van der Waals surface area (Å²) >= 11 is 0. The lowest BCUT2D eigenvalue weighted by Gasteiger charge is -2.07. The van der Waals surface area contributed by atoms with E-state index in [4.69, 9.17) is 19.9 Å². The van der Waals surface area contributed by atoms with E-state index in [2.05, 4.69) is 0 Å². The molecular weight excluding hydrogens is 246 g/mol. The third-order valence-corrected chi connectivity index (χ3v) is 2.61. The molecule has 0 aromatic heterocycles. The fourth-order valence-corrected chi connectivity index (χ4v) is 1.45. The van der Waals surface area contributed by atoms with Gasteiger partial charge >= 0.3 is 5.97 Å². The van der Waals surface area contributed by atoms with Gasteiger partial charge in [-0.3, -0.25) is 0 Å². The van der Waals surface area contributed by atoms with Crippen LogP contribution in [-0.2, 0) is 14.2 Å². The molecule has 0 heterocycles. The predicted octanol–water partition coefficient (Wildman–Crippen LogP) is 1.79. The van der Waals surface area contributed by atoms with Crippen LogP contribution in [0.2, 0.25) is 0 Å². The van der Waals surface area contributed by atoms with Crippen LogP contribution in [0.5, 0.6) is 0 Å². The minimum atomic E-state index is -0.382. The highest BCUT2D eigenvalue weighted by Gasteiger charge is 2.08. The molecule has 1 aromatic carbocycles. The van der Waals surface area contributed by atoms with Gasteiger partial charge in [-0.2, -0.15) is 0 Å². The fraction of sp³-hybridized carbons (Fsp3) is 0.500. The van der Waals surface area contributed by atoms with Gasteiger partial charge in [0.1, 0.15) is 6.61 Å². The Morgan fingerprint density at radius 1 is 1.21 bits per heavy atom. The number of nitrogen functional groups attached to an aromatic ring is 1. The Hall–Kier alpha value is -1.59. The van der Waals surface area contributed by atoms with Gasteiger partial charge in [-0.1, -0.05) is 6.07 Å². The molecule has 0 radical (unpaired) electrons. The van der Waals surface area contributed by atoms with Crippen LogP contribution in [-0.4, -0.2) is 39.5 Å². The van der Waals surface area contributed by atoms with Gasteiger partial charge in [0.2, 0.25) is 0 Å². The van der Waals surface area contributed by atoms with Gasteiger partial charge < -0.3 is 19.9 Å². The first-order valence-corrected chi connectivity index (χ1v) is 6.25. The summed E-state index contributed by atoms with van der Waals surface area (Å²) in [6, 6.07) is 5.12. The number of methoxy groups -OCH3 is 1. The maximum atomic E-state index is 11.7. The van der Waals surface area contributed by atoms with E-state index in [1.54, 1.807) is 25.3 Å². The van der Waals surface area contributed by atoms with Crippen LogP contribution in [0.15, 0.2) is 18.2 Å². The molecule has 0 spiro atoms. The minimum Gasteiger partial charge on any atom is -0.460 e. The molecule has 0 saturated heterocycles. The quantitative estimate of drug-likeness (QED) is 0.441. The van der Waals surface area contributed by atoms with E-state index in [0.29, 0.717) is 31.1 Å². The van der Waals surface area contributed by atoms with Crippen molar-refractivity contribution in [3.05, 3.63) is 29.3 Å². The average Bonchev–Trinajstić information content (AvgIpc) is 2.40. The largest absolute Gasteiger partial charge is 0.460 e. The summed E-state index contributed by atoms with van der Waals surface area (Å²) in [6.07, 6.45) is 0.832. The zero-order valence-electron chi connectivity index (χ0n) is 11.5. The molecule has 0 amide bonds. The molecule has 0 aliphatic rings. The average molecular weight is 267 g/mol. The van der Waals surface area contributed by atoms with E-state index in [-0.39, 0.29) is 12.6 Å². The summed E-state index contributed by atoms with van der Waals surface area (Å²) in [7, 11) is 1.65. The summed E-state index contributed by atoms with van der Waals surface area (Å²) < 4.78 is 15.2. The lowest BCUT2D eigenvalue weighted by atomic mass is 10.1. The smallest absolute Gasteiger partial charge is 0.338 e. The van der Waals surface area contributed by atoms with Crippen LogP contribution in [0.1, 0.15) is 22.3 Å². The molecule has 2 N–H and O–H groups in total. The van der Waals surface area contributed by atoms with Crippen LogP contribution >= 0.6 is 0 Å². The van der Waals surface area contributed by atoms with Crippen LogP contribution < -0.4 is 5.73 Å². The fourth-order valence-electron chi connectivity index (χ4n) is 1.45. The highest BCUT2D eigenvalue weighted by atomic mass is 16.6. The number of esters is 1. The summed E-state index contributed by atoms with van der Waals surface area (Å²) in [5.41, 5.74) is 7.73. The second kappa shape index (κ2) is 8.50. The van der Waals surface area contributed by atoms with E-state index >= 15 is 0 Å². The zero-order valence-corrected chi connectivity index (χ0v) is 11.5. The minimum absolute atomic E-state index is 0.236. The van der Waals surface area contributed by atoms with Crippen molar-refractivity contribution in [2.45, 2.75) is 13.3 Å². The first-order valence-electron chi connectivity index (χ1n) is 6.25. The number of rotatable bonds is 8. The maximum Gasteiger partial charge on any atom is 0.338 e. The lowest BCUT2D eigenvalue weighted by molar-refractivity contribution is 0.0288. The van der Waals surface area contributed by atoms with Crippen molar-refractivity contribution in [3.63, 3.8) is 0 Å². The SMILES string of the molecule is COCCCOCCOC(=O)c1ccc(C)c(N)c1. The molecule has 0 unspecified atom stereocenters. The number of hydrogen-bond donors (Lipinski definition) is 1. The second-order valence-electron chi connectivity index (χ2n) is 4.17. The van der Waals surface area contributed by atoms with Gasteiger partial charge in [-0.25, -0.2) is 4.79 Å². The molecular formula is C14H21NO4. The van der Waals surface area contributed by atoms with E-state index < -0.39 is 0 Å². The number of aryl methyl sites for hydroxylation is 1. The molecule has 1 aromatic rings. The Kier molecular flexibility index (Phi) is 6.92. The number of hydrogen-bond acceptors (Lipinski definition) is 5. The standard InChI is InChI=1S/C14H21NO4/c1-11-4-5-12(10-13(11)15)14(16)19-9-8-18-7-3-6-17-2/h4-5,10H,3,6-9,15H2,1-2H3. The number of ether oxygens (including phenoxy) is 3. The number of nitrogens with two attached hydrogens (primary N) is 1. The van der Waals surface area contributed by atoms with Gasteiger partial charge in [-0.05, 0) is 31.0 Å². The van der Waals surface area contributed by atoms with Gasteiger partial charge in [0.15, 0.2) is 0 Å². The second-order valence-corrected chi connectivity index (χ2v) is 4.17. The Bertz CT molecular complexity index is 406. The van der Waals surface area contributed by atoms with Gasteiger partial charge in [-0.15, -0.1) is 0 Å². The summed E-state index contributed by atoms with van der Waals surface area (Å²) in [4.78, 5) is 11.7. The van der Waals surface area contributed by atoms with Crippen molar-refractivity contribution in [1.82, 2.24) is 0 Å². The van der Waals surface area contributed by atoms with Crippen molar-refractivity contribution in [1.29, 1.82) is 0 Å². The maximum absolute atomic E-state index is 11.7. The monoisotopic (exact) mass is 267 g/mol. The van der Waals surface area contributed by atoms with E-state index in [1.165, 1.54) is 0 Å². The molecule has 0 aliphatic heterocycles. The Balaban J connectivity index is 2.22. The number of anilines is 1. The van der Waals surface area contributed by atoms with Gasteiger partial charge in [0.25, 0.3) is 0 Å². The Labute approximate surface area is 113 Å². The summed E-state index contributed by atoms with van der Waals surface area (Å²) in [5, 5.41) is 0. The highest BCUT2D eigenvalue weighted by molar-refractivity contribution is 5.90. The predicted molar refractivity (Wildman–Crippen MR) is 73.2 cm³/mol. The molecule has 0 fully saturated rings. The highest BCUT2D eigenvalue weighted by Crippen LogP contribution is 2.13. The topological polar surface area (TPSA) is 70.8 Å². The van der Waals surface area contributed by atoms with Crippen molar-refractivity contribution in [2.75, 3.05) is 39.3 Å². The normalized spacial score (nSPS) is 10.4. The number of carbonyl (C=O) groups excluding carboxylic acids is 1. The van der Waals surface area contributed by atoms with Crippen molar-refractivity contribution in [3.8, 4) is 0 Å². The molecule has 1 rings (SSSR count). The molecule has 0 bridgehead atoms. The molecule has 0 aliphatic carbocycles. The van der Waals surface area contributed by atoms with E-state index in [9.17, 15) is 4.79 Å². The van der Waals surface area contributed by atoms with Crippen molar-refractivity contribution >= 4 is 11.7 Å². The van der Waals surface area contributed by atoms with E-state index in [1.807, 2.05) is 6.92 Å². The first kappa shape index (κ1) is 15.5.